The van der Waals surface area contributed by atoms with Crippen LogP contribution in [0.5, 0.6) is 5.75 Å². The maximum Gasteiger partial charge on any atom is 0.128 e. The van der Waals surface area contributed by atoms with E-state index >= 15 is 0 Å². The molecule has 0 bridgehead atoms. The van der Waals surface area contributed by atoms with Crippen LogP contribution in [-0.4, -0.2) is 17.1 Å². The van der Waals surface area contributed by atoms with Crippen molar-refractivity contribution in [1.82, 2.24) is 9.97 Å². The van der Waals surface area contributed by atoms with E-state index in [1.165, 1.54) is 5.56 Å². The van der Waals surface area contributed by atoms with E-state index in [2.05, 4.69) is 23.0 Å². The second-order valence-corrected chi connectivity index (χ2v) is 4.59. The quantitative estimate of drug-likeness (QED) is 0.874. The van der Waals surface area contributed by atoms with E-state index < -0.39 is 0 Å². The van der Waals surface area contributed by atoms with Gasteiger partial charge in [0.15, 0.2) is 0 Å². The van der Waals surface area contributed by atoms with Crippen LogP contribution in [0.15, 0.2) is 18.2 Å². The second-order valence-electron chi connectivity index (χ2n) is 4.59. The van der Waals surface area contributed by atoms with Crippen molar-refractivity contribution >= 4 is 0 Å². The van der Waals surface area contributed by atoms with Crippen molar-refractivity contribution in [1.29, 1.82) is 0 Å². The molecular weight excluding hydrogens is 226 g/mol. The number of aromatic nitrogens is 2. The summed E-state index contributed by atoms with van der Waals surface area (Å²) in [5.74, 6) is 1.62. The molecule has 0 fully saturated rings. The van der Waals surface area contributed by atoms with Gasteiger partial charge in [0.25, 0.3) is 0 Å². The third kappa shape index (κ3) is 2.24. The van der Waals surface area contributed by atoms with Crippen molar-refractivity contribution in [2.24, 2.45) is 5.73 Å². The largest absolute Gasteiger partial charge is 0.496 e. The Kier molecular flexibility index (Phi) is 3.39. The van der Waals surface area contributed by atoms with Gasteiger partial charge in [0.05, 0.1) is 18.8 Å². The smallest absolute Gasteiger partial charge is 0.128 e. The van der Waals surface area contributed by atoms with Crippen LogP contribution in [-0.2, 0) is 0 Å². The van der Waals surface area contributed by atoms with Gasteiger partial charge in [0.2, 0.25) is 0 Å². The summed E-state index contributed by atoms with van der Waals surface area (Å²) in [5, 5.41) is 0. The average Bonchev–Trinajstić information content (AvgIpc) is 2.71. The lowest BCUT2D eigenvalue weighted by Crippen LogP contribution is -2.06. The number of imidazole rings is 1. The Morgan fingerprint density at radius 3 is 2.61 bits per heavy atom. The van der Waals surface area contributed by atoms with Crippen LogP contribution >= 0.6 is 0 Å². The first-order valence-corrected chi connectivity index (χ1v) is 6.00. The molecule has 3 N–H and O–H groups in total. The summed E-state index contributed by atoms with van der Waals surface area (Å²) in [6.07, 6.45) is 0. The van der Waals surface area contributed by atoms with Gasteiger partial charge in [-0.25, -0.2) is 4.98 Å². The average molecular weight is 245 g/mol. The van der Waals surface area contributed by atoms with Gasteiger partial charge in [-0.2, -0.15) is 0 Å². The molecule has 0 spiro atoms. The predicted octanol–water partition coefficient (Wildman–Crippen LogP) is 2.72. The molecule has 18 heavy (non-hydrogen) atoms. The maximum absolute atomic E-state index is 5.85. The lowest BCUT2D eigenvalue weighted by molar-refractivity contribution is 0.416. The minimum Gasteiger partial charge on any atom is -0.496 e. The number of ether oxygens (including phenoxy) is 1. The highest BCUT2D eigenvalue weighted by molar-refractivity contribution is 5.70. The van der Waals surface area contributed by atoms with Gasteiger partial charge in [-0.05, 0) is 32.9 Å². The van der Waals surface area contributed by atoms with E-state index in [-0.39, 0.29) is 6.04 Å². The molecule has 0 radical (unpaired) electrons. The summed E-state index contributed by atoms with van der Waals surface area (Å²) in [7, 11) is 1.67. The molecular formula is C14H19N3O. The van der Waals surface area contributed by atoms with Crippen molar-refractivity contribution in [2.75, 3.05) is 7.11 Å². The fraction of sp³-hybridized carbons (Fsp3) is 0.357. The lowest BCUT2D eigenvalue weighted by atomic mass is 10.1. The lowest BCUT2D eigenvalue weighted by Gasteiger charge is -2.08. The van der Waals surface area contributed by atoms with E-state index in [1.54, 1.807) is 7.11 Å². The molecule has 2 aromatic rings. The monoisotopic (exact) mass is 245 g/mol. The van der Waals surface area contributed by atoms with Crippen molar-refractivity contribution < 1.29 is 4.74 Å². The number of H-pyrrole nitrogens is 1. The standard InChI is InChI=1S/C14H19N3O/c1-8-5-6-12(18-4)11(7-8)13-10(3)16-14(17-13)9(2)15/h5-7,9H,15H2,1-4H3,(H,16,17). The molecule has 2 rings (SSSR count). The molecule has 0 amide bonds. The van der Waals surface area contributed by atoms with Gasteiger partial charge < -0.3 is 15.5 Å². The zero-order valence-corrected chi connectivity index (χ0v) is 11.2. The number of methoxy groups -OCH3 is 1. The van der Waals surface area contributed by atoms with Crippen molar-refractivity contribution in [3.8, 4) is 17.0 Å². The van der Waals surface area contributed by atoms with Crippen LogP contribution in [0.2, 0.25) is 0 Å². The number of hydrogen-bond acceptors (Lipinski definition) is 3. The Morgan fingerprint density at radius 2 is 2.06 bits per heavy atom. The molecule has 1 atom stereocenters. The Labute approximate surface area is 107 Å². The highest BCUT2D eigenvalue weighted by Gasteiger charge is 2.15. The van der Waals surface area contributed by atoms with Gasteiger partial charge in [-0.3, -0.25) is 0 Å². The zero-order chi connectivity index (χ0) is 13.3. The topological polar surface area (TPSA) is 63.9 Å². The predicted molar refractivity (Wildman–Crippen MR) is 72.7 cm³/mol. The first-order valence-electron chi connectivity index (χ1n) is 6.00. The molecule has 1 heterocycles. The van der Waals surface area contributed by atoms with Gasteiger partial charge in [0.1, 0.15) is 11.6 Å². The third-order valence-corrected chi connectivity index (χ3v) is 2.94. The van der Waals surface area contributed by atoms with Gasteiger partial charge in [0, 0.05) is 11.3 Å². The number of nitrogens with two attached hydrogens (primary N) is 1. The number of aromatic amines is 1. The number of benzene rings is 1. The molecule has 4 nitrogen and oxygen atoms in total. The van der Waals surface area contributed by atoms with Crippen LogP contribution in [0, 0.1) is 13.8 Å². The molecule has 0 aliphatic heterocycles. The minimum absolute atomic E-state index is 0.103. The van der Waals surface area contributed by atoms with Crippen LogP contribution < -0.4 is 10.5 Å². The summed E-state index contributed by atoms with van der Waals surface area (Å²) < 4.78 is 5.39. The fourth-order valence-corrected chi connectivity index (χ4v) is 1.97. The van der Waals surface area contributed by atoms with E-state index in [0.29, 0.717) is 0 Å². The summed E-state index contributed by atoms with van der Waals surface area (Å²) >= 11 is 0. The third-order valence-electron chi connectivity index (χ3n) is 2.94. The van der Waals surface area contributed by atoms with Gasteiger partial charge >= 0.3 is 0 Å². The molecule has 0 saturated carbocycles. The summed E-state index contributed by atoms with van der Waals surface area (Å²) in [5.41, 5.74) is 9.94. The van der Waals surface area contributed by atoms with Crippen LogP contribution in [0.25, 0.3) is 11.3 Å². The Bertz CT molecular complexity index is 558. The highest BCUT2D eigenvalue weighted by Crippen LogP contribution is 2.32. The Hall–Kier alpha value is -1.81. The number of nitrogens with zero attached hydrogens (tertiary/aromatic N) is 1. The Morgan fingerprint density at radius 1 is 1.33 bits per heavy atom. The number of rotatable bonds is 3. The molecule has 0 aliphatic carbocycles. The summed E-state index contributed by atoms with van der Waals surface area (Å²) in [6, 6.07) is 5.96. The van der Waals surface area contributed by atoms with Crippen molar-refractivity contribution in [2.45, 2.75) is 26.8 Å². The molecule has 1 aromatic carbocycles. The first-order chi connectivity index (χ1) is 8.52. The van der Waals surface area contributed by atoms with Gasteiger partial charge in [-0.1, -0.05) is 11.6 Å². The molecule has 0 saturated heterocycles. The van der Waals surface area contributed by atoms with Crippen LogP contribution in [0.1, 0.15) is 30.0 Å². The Balaban J connectivity index is 2.57. The van der Waals surface area contributed by atoms with Crippen molar-refractivity contribution in [3.05, 3.63) is 35.3 Å². The van der Waals surface area contributed by atoms with Crippen LogP contribution in [0.3, 0.4) is 0 Å². The van der Waals surface area contributed by atoms with E-state index in [9.17, 15) is 0 Å². The highest BCUT2D eigenvalue weighted by atomic mass is 16.5. The molecule has 1 aromatic heterocycles. The SMILES string of the molecule is COc1ccc(C)cc1-c1nc(C(C)N)[nH]c1C. The molecule has 1 unspecified atom stereocenters. The molecule has 96 valence electrons. The van der Waals surface area contributed by atoms with Crippen molar-refractivity contribution in [3.63, 3.8) is 0 Å². The van der Waals surface area contributed by atoms with Crippen LogP contribution in [0.4, 0.5) is 0 Å². The van der Waals surface area contributed by atoms with E-state index in [4.69, 9.17) is 10.5 Å². The first kappa shape index (κ1) is 12.6. The molecule has 0 aliphatic rings. The summed E-state index contributed by atoms with van der Waals surface area (Å²) in [4.78, 5) is 7.79. The zero-order valence-electron chi connectivity index (χ0n) is 11.2. The summed E-state index contributed by atoms with van der Waals surface area (Å²) in [6.45, 7) is 5.96. The van der Waals surface area contributed by atoms with E-state index in [1.807, 2.05) is 26.0 Å². The fourth-order valence-electron chi connectivity index (χ4n) is 1.97. The number of nitrogens with one attached hydrogen (secondary N) is 1. The minimum atomic E-state index is -0.103. The van der Waals surface area contributed by atoms with E-state index in [0.717, 1.165) is 28.5 Å². The number of aryl methyl sites for hydroxylation is 2. The number of hydrogen-bond donors (Lipinski definition) is 2. The van der Waals surface area contributed by atoms with Gasteiger partial charge in [-0.15, -0.1) is 0 Å². The normalized spacial score (nSPS) is 12.5. The maximum atomic E-state index is 5.85. The molecule has 4 heteroatoms. The second kappa shape index (κ2) is 4.82.